The lowest BCUT2D eigenvalue weighted by Crippen LogP contribution is -2.34. The quantitative estimate of drug-likeness (QED) is 0.732. The Balaban J connectivity index is 1.93. The molecule has 1 N–H and O–H groups in total. The summed E-state index contributed by atoms with van der Waals surface area (Å²) in [6.45, 7) is 0. The molecule has 1 amide bonds. The molecule has 21 heavy (non-hydrogen) atoms. The van der Waals surface area contributed by atoms with E-state index in [1.165, 1.54) is 4.79 Å². The minimum atomic E-state index is -0.238. The predicted molar refractivity (Wildman–Crippen MR) is 76.8 cm³/mol. The highest BCUT2D eigenvalue weighted by Crippen LogP contribution is 2.12. The summed E-state index contributed by atoms with van der Waals surface area (Å²) in [5.41, 5.74) is 4.21. The van der Waals surface area contributed by atoms with Crippen LogP contribution in [0.4, 0.5) is 0 Å². The van der Waals surface area contributed by atoms with E-state index in [4.69, 9.17) is 0 Å². The van der Waals surface area contributed by atoms with Crippen LogP contribution in [0, 0.1) is 0 Å². The maximum Gasteiger partial charge on any atom is 0.315 e. The summed E-state index contributed by atoms with van der Waals surface area (Å²) in [5.74, 6) is 0.457. The van der Waals surface area contributed by atoms with E-state index in [0.29, 0.717) is 11.4 Å². The Morgan fingerprint density at radius 3 is 2.33 bits per heavy atom. The normalized spacial score (nSPS) is 10.3. The third-order valence-electron chi connectivity index (χ3n) is 3.05. The number of nitrogens with zero attached hydrogens (tertiary/aromatic N) is 4. The van der Waals surface area contributed by atoms with Crippen molar-refractivity contribution in [1.82, 2.24) is 15.2 Å². The van der Waals surface area contributed by atoms with Gasteiger partial charge in [-0.15, -0.1) is 4.68 Å². The van der Waals surface area contributed by atoms with E-state index in [1.54, 1.807) is 23.9 Å². The Labute approximate surface area is 121 Å². The third kappa shape index (κ3) is 2.64. The molecule has 3 aromatic rings. The SMILES string of the molecule is C[n+]1nnn(NC(=O)c2ccccc2)c1-c1ccccc1. The number of aromatic nitrogens is 4. The van der Waals surface area contributed by atoms with Gasteiger partial charge in [0.15, 0.2) is 5.21 Å². The summed E-state index contributed by atoms with van der Waals surface area (Å²) in [6.07, 6.45) is 0. The first kappa shape index (κ1) is 13.0. The summed E-state index contributed by atoms with van der Waals surface area (Å²) >= 11 is 0. The number of nitrogens with one attached hydrogen (secondary N) is 1. The Hall–Kier alpha value is -3.02. The van der Waals surface area contributed by atoms with Gasteiger partial charge in [-0.2, -0.15) is 5.43 Å². The summed E-state index contributed by atoms with van der Waals surface area (Å²) in [7, 11) is 1.78. The highest BCUT2D eigenvalue weighted by atomic mass is 16.2. The van der Waals surface area contributed by atoms with Crippen LogP contribution in [0.2, 0.25) is 0 Å². The van der Waals surface area contributed by atoms with Crippen molar-refractivity contribution in [3.8, 4) is 11.4 Å². The van der Waals surface area contributed by atoms with Gasteiger partial charge in [-0.1, -0.05) is 36.4 Å². The molecule has 2 aromatic carbocycles. The fourth-order valence-electron chi connectivity index (χ4n) is 2.04. The van der Waals surface area contributed by atoms with Gasteiger partial charge in [-0.3, -0.25) is 4.79 Å². The van der Waals surface area contributed by atoms with Crippen LogP contribution in [0.25, 0.3) is 11.4 Å². The molecular formula is C15H14N5O+. The van der Waals surface area contributed by atoms with Crippen LogP contribution < -0.4 is 10.1 Å². The zero-order valence-electron chi connectivity index (χ0n) is 11.5. The molecule has 1 heterocycles. The highest BCUT2D eigenvalue weighted by Gasteiger charge is 2.22. The van der Waals surface area contributed by atoms with Crippen LogP contribution in [0.15, 0.2) is 60.7 Å². The van der Waals surface area contributed by atoms with E-state index in [9.17, 15) is 4.79 Å². The van der Waals surface area contributed by atoms with Crippen LogP contribution in [0.1, 0.15) is 10.4 Å². The van der Waals surface area contributed by atoms with Gasteiger partial charge in [0, 0.05) is 10.4 Å². The molecule has 0 radical (unpaired) electrons. The van der Waals surface area contributed by atoms with E-state index in [-0.39, 0.29) is 5.91 Å². The first-order valence-corrected chi connectivity index (χ1v) is 6.49. The Kier molecular flexibility index (Phi) is 3.42. The number of hydrogen-bond acceptors (Lipinski definition) is 3. The first-order valence-electron chi connectivity index (χ1n) is 6.49. The molecular weight excluding hydrogens is 266 g/mol. The van der Waals surface area contributed by atoms with Crippen molar-refractivity contribution in [2.45, 2.75) is 0 Å². The number of benzene rings is 2. The maximum absolute atomic E-state index is 12.2. The van der Waals surface area contributed by atoms with Gasteiger partial charge in [0.1, 0.15) is 5.21 Å². The Morgan fingerprint density at radius 2 is 1.67 bits per heavy atom. The second-order valence-corrected chi connectivity index (χ2v) is 4.51. The molecule has 1 aromatic heterocycles. The van der Waals surface area contributed by atoms with Crippen LogP contribution in [-0.4, -0.2) is 21.1 Å². The lowest BCUT2D eigenvalue weighted by molar-refractivity contribution is -0.721. The van der Waals surface area contributed by atoms with E-state index >= 15 is 0 Å². The molecule has 0 bridgehead atoms. The van der Waals surface area contributed by atoms with Crippen molar-refractivity contribution in [3.63, 3.8) is 0 Å². The van der Waals surface area contributed by atoms with Crippen molar-refractivity contribution in [3.05, 3.63) is 66.2 Å². The van der Waals surface area contributed by atoms with E-state index in [2.05, 4.69) is 15.9 Å². The molecule has 0 aliphatic carbocycles. The van der Waals surface area contributed by atoms with Gasteiger partial charge >= 0.3 is 5.82 Å². The molecule has 0 unspecified atom stereocenters. The molecule has 0 aliphatic rings. The largest absolute Gasteiger partial charge is 0.315 e. The molecule has 6 nitrogen and oxygen atoms in total. The fraction of sp³-hybridized carbons (Fsp3) is 0.0667. The van der Waals surface area contributed by atoms with Gasteiger partial charge in [-0.25, -0.2) is 0 Å². The van der Waals surface area contributed by atoms with E-state index < -0.39 is 0 Å². The van der Waals surface area contributed by atoms with Crippen LogP contribution in [0.5, 0.6) is 0 Å². The molecule has 6 heteroatoms. The van der Waals surface area contributed by atoms with E-state index in [1.807, 2.05) is 48.5 Å². The van der Waals surface area contributed by atoms with Gasteiger partial charge in [0.2, 0.25) is 0 Å². The van der Waals surface area contributed by atoms with Crippen molar-refractivity contribution in [2.24, 2.45) is 7.05 Å². The minimum absolute atomic E-state index is 0.238. The first-order chi connectivity index (χ1) is 10.3. The standard InChI is InChI=1S/C15H13N5O/c1-19-15(13-10-6-3-7-11-13)20(18-17-19)16-14(21)12-8-4-2-5-9-12/h2-11H,1H3/p+1. The number of hydrogen-bond donors (Lipinski definition) is 1. The second-order valence-electron chi connectivity index (χ2n) is 4.51. The number of carbonyl (C=O) groups excluding carboxylic acids is 1. The van der Waals surface area contributed by atoms with Gasteiger partial charge in [-0.05, 0) is 24.3 Å². The van der Waals surface area contributed by atoms with Crippen LogP contribution in [-0.2, 0) is 7.05 Å². The monoisotopic (exact) mass is 280 g/mol. The number of tetrazole rings is 1. The zero-order valence-corrected chi connectivity index (χ0v) is 11.5. The fourth-order valence-corrected chi connectivity index (χ4v) is 2.04. The second kappa shape index (κ2) is 5.54. The smallest absolute Gasteiger partial charge is 0.266 e. The third-order valence-corrected chi connectivity index (χ3v) is 3.05. The Bertz CT molecular complexity index is 752. The molecule has 3 rings (SSSR count). The van der Waals surface area contributed by atoms with E-state index in [0.717, 1.165) is 5.56 Å². The molecule has 0 saturated heterocycles. The topological polar surface area (TPSA) is 63.7 Å². The van der Waals surface area contributed by atoms with Crippen molar-refractivity contribution >= 4 is 5.91 Å². The van der Waals surface area contributed by atoms with Gasteiger partial charge in [0.05, 0.1) is 12.6 Å². The minimum Gasteiger partial charge on any atom is -0.266 e. The molecule has 104 valence electrons. The summed E-state index contributed by atoms with van der Waals surface area (Å²) < 4.78 is 1.61. The average molecular weight is 280 g/mol. The molecule has 0 atom stereocenters. The predicted octanol–water partition coefficient (Wildman–Crippen LogP) is 1.15. The summed E-state index contributed by atoms with van der Waals surface area (Å²) in [6, 6.07) is 18.6. The zero-order chi connectivity index (χ0) is 14.7. The maximum atomic E-state index is 12.2. The number of carbonyl (C=O) groups is 1. The van der Waals surface area contributed by atoms with Crippen molar-refractivity contribution in [1.29, 1.82) is 0 Å². The number of amides is 1. The van der Waals surface area contributed by atoms with Crippen molar-refractivity contribution in [2.75, 3.05) is 5.43 Å². The lowest BCUT2D eigenvalue weighted by Gasteiger charge is -2.01. The van der Waals surface area contributed by atoms with Gasteiger partial charge < -0.3 is 0 Å². The van der Waals surface area contributed by atoms with Crippen molar-refractivity contribution < 1.29 is 9.48 Å². The van der Waals surface area contributed by atoms with Crippen LogP contribution >= 0.6 is 0 Å². The number of aryl methyl sites for hydroxylation is 1. The molecule has 0 spiro atoms. The average Bonchev–Trinajstić information content (AvgIpc) is 2.89. The molecule has 0 aliphatic heterocycles. The van der Waals surface area contributed by atoms with Gasteiger partial charge in [0.25, 0.3) is 5.91 Å². The molecule has 0 saturated carbocycles. The summed E-state index contributed by atoms with van der Waals surface area (Å²) in [4.78, 5) is 13.6. The summed E-state index contributed by atoms with van der Waals surface area (Å²) in [5, 5.41) is 7.91. The van der Waals surface area contributed by atoms with Crippen LogP contribution in [0.3, 0.4) is 0 Å². The highest BCUT2D eigenvalue weighted by molar-refractivity contribution is 5.99. The Morgan fingerprint density at radius 1 is 1.05 bits per heavy atom. The molecule has 0 fully saturated rings. The number of rotatable bonds is 3. The lowest BCUT2D eigenvalue weighted by atomic mass is 10.2.